The van der Waals surface area contributed by atoms with Crippen LogP contribution >= 0.6 is 0 Å². The van der Waals surface area contributed by atoms with E-state index >= 15 is 0 Å². The maximum atomic E-state index is 13.4. The van der Waals surface area contributed by atoms with Crippen LogP contribution in [0, 0.1) is 10.1 Å². The van der Waals surface area contributed by atoms with Gasteiger partial charge in [-0.25, -0.2) is 8.42 Å². The summed E-state index contributed by atoms with van der Waals surface area (Å²) in [5, 5.41) is 14.0. The van der Waals surface area contributed by atoms with Gasteiger partial charge in [0.2, 0.25) is 5.91 Å². The molecular formula is C24H24N4O6S. The standard InChI is InChI=1S/C24H24N4O6S/c29-24(25-19-9-11-20(12-10-19)26-13-15-34-16-14-26)18-27(21-5-4-6-22(17-21)28(30)31)35(32,33)23-7-2-1-3-8-23/h1-12,17H,13-16,18H2,(H,25,29). The molecule has 4 rings (SSSR count). The Morgan fingerprint density at radius 2 is 1.69 bits per heavy atom. The van der Waals surface area contributed by atoms with Crippen LogP contribution in [0.4, 0.5) is 22.7 Å². The van der Waals surface area contributed by atoms with Crippen LogP contribution in [0.5, 0.6) is 0 Å². The van der Waals surface area contributed by atoms with Crippen molar-refractivity contribution in [2.45, 2.75) is 4.90 Å². The number of benzene rings is 3. The molecule has 0 radical (unpaired) electrons. The first-order chi connectivity index (χ1) is 16.8. The summed E-state index contributed by atoms with van der Waals surface area (Å²) in [6.07, 6.45) is 0. The second kappa shape index (κ2) is 10.5. The van der Waals surface area contributed by atoms with Crippen molar-refractivity contribution < 1.29 is 22.9 Å². The van der Waals surface area contributed by atoms with Crippen LogP contribution in [-0.4, -0.2) is 52.1 Å². The molecule has 1 fully saturated rings. The monoisotopic (exact) mass is 496 g/mol. The highest BCUT2D eigenvalue weighted by Gasteiger charge is 2.28. The zero-order chi connectivity index (χ0) is 24.8. The fourth-order valence-electron chi connectivity index (χ4n) is 3.70. The molecule has 1 N–H and O–H groups in total. The van der Waals surface area contributed by atoms with Gasteiger partial charge in [0.25, 0.3) is 15.7 Å². The van der Waals surface area contributed by atoms with Gasteiger partial charge in [-0.1, -0.05) is 24.3 Å². The van der Waals surface area contributed by atoms with Crippen LogP contribution in [0.3, 0.4) is 0 Å². The normalized spacial score (nSPS) is 13.8. The van der Waals surface area contributed by atoms with Crippen molar-refractivity contribution in [3.05, 3.63) is 89.0 Å². The van der Waals surface area contributed by atoms with Crippen LogP contribution in [-0.2, 0) is 19.6 Å². The molecule has 1 aliphatic heterocycles. The van der Waals surface area contributed by atoms with Crippen molar-refractivity contribution in [1.82, 2.24) is 0 Å². The van der Waals surface area contributed by atoms with Gasteiger partial charge in [-0.15, -0.1) is 0 Å². The number of carbonyl (C=O) groups is 1. The van der Waals surface area contributed by atoms with E-state index in [1.54, 1.807) is 30.3 Å². The number of amides is 1. The van der Waals surface area contributed by atoms with E-state index in [0.29, 0.717) is 18.9 Å². The zero-order valence-corrected chi connectivity index (χ0v) is 19.6. The van der Waals surface area contributed by atoms with Crippen molar-refractivity contribution in [2.75, 3.05) is 47.4 Å². The second-order valence-corrected chi connectivity index (χ2v) is 9.66. The molecule has 0 saturated carbocycles. The van der Waals surface area contributed by atoms with Crippen molar-refractivity contribution in [1.29, 1.82) is 0 Å². The maximum Gasteiger partial charge on any atom is 0.271 e. The Bertz CT molecular complexity index is 1290. The summed E-state index contributed by atoms with van der Waals surface area (Å²) < 4.78 is 33.0. The smallest absolute Gasteiger partial charge is 0.271 e. The van der Waals surface area contributed by atoms with E-state index in [4.69, 9.17) is 4.74 Å². The van der Waals surface area contributed by atoms with Gasteiger partial charge in [0.1, 0.15) is 6.54 Å². The van der Waals surface area contributed by atoms with Crippen molar-refractivity contribution in [3.63, 3.8) is 0 Å². The molecule has 3 aromatic carbocycles. The summed E-state index contributed by atoms with van der Waals surface area (Å²) >= 11 is 0. The average Bonchev–Trinajstić information content (AvgIpc) is 2.89. The number of ether oxygens (including phenoxy) is 1. The van der Waals surface area contributed by atoms with Gasteiger partial charge in [0, 0.05) is 36.6 Å². The molecule has 1 heterocycles. The van der Waals surface area contributed by atoms with E-state index in [9.17, 15) is 23.3 Å². The number of nitro benzene ring substituents is 1. The molecule has 1 saturated heterocycles. The lowest BCUT2D eigenvalue weighted by Gasteiger charge is -2.29. The summed E-state index contributed by atoms with van der Waals surface area (Å²) in [4.78, 5) is 25.7. The van der Waals surface area contributed by atoms with E-state index in [1.165, 1.54) is 30.3 Å². The Kier molecular flexibility index (Phi) is 7.28. The summed E-state index contributed by atoms with van der Waals surface area (Å²) in [7, 11) is -4.17. The number of hydrogen-bond acceptors (Lipinski definition) is 7. The van der Waals surface area contributed by atoms with Gasteiger partial charge in [-0.3, -0.25) is 19.2 Å². The van der Waals surface area contributed by atoms with Gasteiger partial charge in [0.05, 0.1) is 28.7 Å². The predicted octanol–water partition coefficient (Wildman–Crippen LogP) is 3.27. The molecule has 3 aromatic rings. The minimum absolute atomic E-state index is 0.0147. The summed E-state index contributed by atoms with van der Waals surface area (Å²) in [6.45, 7) is 2.30. The number of sulfonamides is 1. The largest absolute Gasteiger partial charge is 0.378 e. The molecule has 0 spiro atoms. The highest BCUT2D eigenvalue weighted by molar-refractivity contribution is 7.92. The third-order valence-corrected chi connectivity index (χ3v) is 7.26. The van der Waals surface area contributed by atoms with E-state index in [-0.39, 0.29) is 16.3 Å². The Balaban J connectivity index is 1.56. The minimum Gasteiger partial charge on any atom is -0.378 e. The van der Waals surface area contributed by atoms with Crippen LogP contribution in [0.25, 0.3) is 0 Å². The van der Waals surface area contributed by atoms with E-state index in [2.05, 4.69) is 10.2 Å². The lowest BCUT2D eigenvalue weighted by atomic mass is 10.2. The quantitative estimate of drug-likeness (QED) is 0.375. The number of morpholine rings is 1. The van der Waals surface area contributed by atoms with Crippen LogP contribution in [0.15, 0.2) is 83.8 Å². The Morgan fingerprint density at radius 3 is 2.34 bits per heavy atom. The first-order valence-electron chi connectivity index (χ1n) is 10.9. The number of nitrogens with zero attached hydrogens (tertiary/aromatic N) is 3. The van der Waals surface area contributed by atoms with E-state index < -0.39 is 27.4 Å². The number of anilines is 3. The first kappa shape index (κ1) is 24.2. The van der Waals surface area contributed by atoms with Gasteiger partial charge in [-0.05, 0) is 42.5 Å². The van der Waals surface area contributed by atoms with Gasteiger partial charge in [0.15, 0.2) is 0 Å². The number of rotatable bonds is 8. The average molecular weight is 497 g/mol. The van der Waals surface area contributed by atoms with Gasteiger partial charge in [-0.2, -0.15) is 0 Å². The molecule has 0 aliphatic carbocycles. The molecular weight excluding hydrogens is 472 g/mol. The molecule has 11 heteroatoms. The summed E-state index contributed by atoms with van der Waals surface area (Å²) in [5.41, 5.74) is 1.23. The topological polar surface area (TPSA) is 122 Å². The van der Waals surface area contributed by atoms with E-state index in [0.717, 1.165) is 29.1 Å². The first-order valence-corrected chi connectivity index (χ1v) is 12.3. The molecule has 182 valence electrons. The molecule has 1 amide bonds. The third-order valence-electron chi connectivity index (χ3n) is 5.47. The summed E-state index contributed by atoms with van der Waals surface area (Å²) in [6, 6.07) is 20.0. The highest BCUT2D eigenvalue weighted by Crippen LogP contribution is 2.27. The van der Waals surface area contributed by atoms with Gasteiger partial charge >= 0.3 is 0 Å². The van der Waals surface area contributed by atoms with Crippen molar-refractivity contribution >= 4 is 38.7 Å². The molecule has 0 unspecified atom stereocenters. The maximum absolute atomic E-state index is 13.4. The van der Waals surface area contributed by atoms with Crippen LogP contribution in [0.1, 0.15) is 0 Å². The minimum atomic E-state index is -4.17. The SMILES string of the molecule is O=C(CN(c1cccc([N+](=O)[O-])c1)S(=O)(=O)c1ccccc1)Nc1ccc(N2CCOCC2)cc1. The number of nitrogens with one attached hydrogen (secondary N) is 1. The molecule has 1 aliphatic rings. The summed E-state index contributed by atoms with van der Waals surface area (Å²) in [5.74, 6) is -0.588. The lowest BCUT2D eigenvalue weighted by Crippen LogP contribution is -2.38. The molecule has 0 atom stereocenters. The van der Waals surface area contributed by atoms with Crippen LogP contribution < -0.4 is 14.5 Å². The van der Waals surface area contributed by atoms with Crippen LogP contribution in [0.2, 0.25) is 0 Å². The second-order valence-electron chi connectivity index (χ2n) is 7.80. The Hall–Kier alpha value is -3.96. The zero-order valence-electron chi connectivity index (χ0n) is 18.7. The molecule has 35 heavy (non-hydrogen) atoms. The van der Waals surface area contributed by atoms with Crippen molar-refractivity contribution in [3.8, 4) is 0 Å². The lowest BCUT2D eigenvalue weighted by molar-refractivity contribution is -0.384. The molecule has 10 nitrogen and oxygen atoms in total. The number of carbonyl (C=O) groups excluding carboxylic acids is 1. The molecule has 0 aromatic heterocycles. The fourth-order valence-corrected chi connectivity index (χ4v) is 5.14. The molecule has 0 bridgehead atoms. The van der Waals surface area contributed by atoms with Crippen molar-refractivity contribution in [2.24, 2.45) is 0 Å². The number of nitro groups is 1. The van der Waals surface area contributed by atoms with Gasteiger partial charge < -0.3 is 15.0 Å². The number of non-ortho nitro benzene ring substituents is 1. The number of hydrogen-bond donors (Lipinski definition) is 1. The third kappa shape index (κ3) is 5.76. The Labute approximate surface area is 202 Å². The highest BCUT2D eigenvalue weighted by atomic mass is 32.2. The predicted molar refractivity (Wildman–Crippen MR) is 132 cm³/mol. The fraction of sp³-hybridized carbons (Fsp3) is 0.208. The Morgan fingerprint density at radius 1 is 1.00 bits per heavy atom. The van der Waals surface area contributed by atoms with E-state index in [1.807, 2.05) is 12.1 Å².